The molecule has 7 heteroatoms. The van der Waals surface area contributed by atoms with Crippen LogP contribution in [0.3, 0.4) is 0 Å². The highest BCUT2D eigenvalue weighted by Gasteiger charge is 2.44. The molecule has 29 heavy (non-hydrogen) atoms. The molecule has 1 aromatic rings. The number of hydrogen-bond donors (Lipinski definition) is 0. The quantitative estimate of drug-likeness (QED) is 0.319. The molecule has 0 amide bonds. The van der Waals surface area contributed by atoms with E-state index >= 15 is 0 Å². The molecular formula is C22H28O7. The number of carbonyl (C=O) groups is 2. The fourth-order valence-electron chi connectivity index (χ4n) is 3.40. The van der Waals surface area contributed by atoms with Crippen LogP contribution in [0.4, 0.5) is 0 Å². The molecule has 2 aliphatic heterocycles. The van der Waals surface area contributed by atoms with Gasteiger partial charge in [-0.2, -0.15) is 0 Å². The standard InChI is InChI=1S/C22H28O7/c1-2-20(23)26-13-6-4-3-5-12-25-17-9-7-16(8-10-17)22(24)29-19-15-28-18-11-14-27-21(18)19/h2,7-10,18-19,21H,1,3-6,11-15H2/t18?,19-,21?/m1/s1. The Labute approximate surface area is 170 Å². The van der Waals surface area contributed by atoms with Crippen molar-refractivity contribution < 1.29 is 33.3 Å². The minimum Gasteiger partial charge on any atom is -0.494 e. The van der Waals surface area contributed by atoms with Crippen LogP contribution in [0.1, 0.15) is 42.5 Å². The third-order valence-corrected chi connectivity index (χ3v) is 4.99. The lowest BCUT2D eigenvalue weighted by Gasteiger charge is -2.16. The van der Waals surface area contributed by atoms with Crippen LogP contribution in [0.5, 0.6) is 5.75 Å². The molecule has 1 aromatic carbocycles. The summed E-state index contributed by atoms with van der Waals surface area (Å²) in [5.74, 6) is -0.0448. The number of esters is 2. The summed E-state index contributed by atoms with van der Waals surface area (Å²) >= 11 is 0. The first-order valence-corrected chi connectivity index (χ1v) is 10.1. The summed E-state index contributed by atoms with van der Waals surface area (Å²) in [6.45, 7) is 5.40. The van der Waals surface area contributed by atoms with Gasteiger partial charge in [0.1, 0.15) is 11.9 Å². The minimum atomic E-state index is -0.381. The van der Waals surface area contributed by atoms with Crippen molar-refractivity contribution >= 4 is 11.9 Å². The maximum atomic E-state index is 12.3. The first-order chi connectivity index (χ1) is 14.2. The van der Waals surface area contributed by atoms with Gasteiger partial charge in [0.05, 0.1) is 31.5 Å². The van der Waals surface area contributed by atoms with Gasteiger partial charge in [0, 0.05) is 12.7 Å². The van der Waals surface area contributed by atoms with E-state index < -0.39 is 0 Å². The summed E-state index contributed by atoms with van der Waals surface area (Å²) in [6.07, 6.45) is 5.28. The van der Waals surface area contributed by atoms with Crippen molar-refractivity contribution in [1.29, 1.82) is 0 Å². The molecule has 2 heterocycles. The lowest BCUT2D eigenvalue weighted by molar-refractivity contribution is -0.137. The van der Waals surface area contributed by atoms with Gasteiger partial charge in [-0.05, 0) is 56.4 Å². The highest BCUT2D eigenvalue weighted by Crippen LogP contribution is 2.29. The van der Waals surface area contributed by atoms with Gasteiger partial charge in [0.15, 0.2) is 6.10 Å². The van der Waals surface area contributed by atoms with Crippen molar-refractivity contribution in [3.8, 4) is 5.75 Å². The number of hydrogen-bond acceptors (Lipinski definition) is 7. The Balaban J connectivity index is 1.30. The molecule has 3 rings (SSSR count). The zero-order chi connectivity index (χ0) is 20.5. The fourth-order valence-corrected chi connectivity index (χ4v) is 3.40. The van der Waals surface area contributed by atoms with E-state index in [0.717, 1.165) is 32.1 Å². The van der Waals surface area contributed by atoms with E-state index in [2.05, 4.69) is 6.58 Å². The van der Waals surface area contributed by atoms with Crippen molar-refractivity contribution in [2.24, 2.45) is 0 Å². The number of fused-ring (bicyclic) bond motifs is 1. The highest BCUT2D eigenvalue weighted by atomic mass is 16.6. The average Bonchev–Trinajstić information content (AvgIpc) is 3.35. The summed E-state index contributed by atoms with van der Waals surface area (Å²) in [5.41, 5.74) is 0.480. The average molecular weight is 404 g/mol. The van der Waals surface area contributed by atoms with E-state index in [1.54, 1.807) is 24.3 Å². The third-order valence-electron chi connectivity index (χ3n) is 4.99. The lowest BCUT2D eigenvalue weighted by Crippen LogP contribution is -2.32. The van der Waals surface area contributed by atoms with Crippen LogP contribution < -0.4 is 4.74 Å². The van der Waals surface area contributed by atoms with Crippen LogP contribution in [0.15, 0.2) is 36.9 Å². The van der Waals surface area contributed by atoms with Gasteiger partial charge in [-0.25, -0.2) is 9.59 Å². The topological polar surface area (TPSA) is 80.3 Å². The van der Waals surface area contributed by atoms with Gasteiger partial charge in [-0.15, -0.1) is 0 Å². The maximum absolute atomic E-state index is 12.3. The van der Waals surface area contributed by atoms with Crippen LogP contribution in [0.2, 0.25) is 0 Å². The third kappa shape index (κ3) is 6.30. The predicted molar refractivity (Wildman–Crippen MR) is 105 cm³/mol. The Morgan fingerprint density at radius 1 is 1.07 bits per heavy atom. The van der Waals surface area contributed by atoms with Crippen molar-refractivity contribution in [3.63, 3.8) is 0 Å². The Kier molecular flexibility index (Phi) is 8.07. The van der Waals surface area contributed by atoms with Gasteiger partial charge in [-0.3, -0.25) is 0 Å². The first kappa shape index (κ1) is 21.3. The van der Waals surface area contributed by atoms with Gasteiger partial charge in [0.25, 0.3) is 0 Å². The van der Waals surface area contributed by atoms with Crippen molar-refractivity contribution in [2.75, 3.05) is 26.4 Å². The fraction of sp³-hybridized carbons (Fsp3) is 0.545. The van der Waals surface area contributed by atoms with Gasteiger partial charge < -0.3 is 23.7 Å². The van der Waals surface area contributed by atoms with Crippen LogP contribution >= 0.6 is 0 Å². The molecule has 3 atom stereocenters. The molecule has 0 saturated carbocycles. The van der Waals surface area contributed by atoms with Crippen molar-refractivity contribution in [2.45, 2.75) is 50.4 Å². The normalized spacial score (nSPS) is 22.7. The Hall–Kier alpha value is -2.38. The zero-order valence-electron chi connectivity index (χ0n) is 16.5. The molecule has 0 spiro atoms. The minimum absolute atomic E-state index is 0.0470. The molecule has 0 aromatic heterocycles. The highest BCUT2D eigenvalue weighted by molar-refractivity contribution is 5.89. The van der Waals surface area contributed by atoms with E-state index in [4.69, 9.17) is 23.7 Å². The SMILES string of the molecule is C=CC(=O)OCCCCCCOc1ccc(C(=O)O[C@@H]2COC3CCOC32)cc1. The molecule has 0 N–H and O–H groups in total. The molecule has 2 unspecified atom stereocenters. The number of rotatable bonds is 11. The largest absolute Gasteiger partial charge is 0.494 e. The summed E-state index contributed by atoms with van der Waals surface area (Å²) in [6, 6.07) is 6.94. The number of benzene rings is 1. The molecule has 2 saturated heterocycles. The Bertz CT molecular complexity index is 685. The van der Waals surface area contributed by atoms with Crippen LogP contribution in [0, 0.1) is 0 Å². The Morgan fingerprint density at radius 3 is 2.59 bits per heavy atom. The van der Waals surface area contributed by atoms with E-state index in [1.807, 2.05) is 0 Å². The molecule has 2 fully saturated rings. The second kappa shape index (κ2) is 11.0. The summed E-state index contributed by atoms with van der Waals surface area (Å²) in [4.78, 5) is 23.2. The van der Waals surface area contributed by atoms with Gasteiger partial charge >= 0.3 is 11.9 Å². The molecule has 2 aliphatic rings. The Morgan fingerprint density at radius 2 is 1.83 bits per heavy atom. The van der Waals surface area contributed by atoms with E-state index in [1.165, 1.54) is 6.08 Å². The van der Waals surface area contributed by atoms with Gasteiger partial charge in [-0.1, -0.05) is 6.58 Å². The maximum Gasteiger partial charge on any atom is 0.338 e. The number of unbranched alkanes of at least 4 members (excludes halogenated alkanes) is 3. The van der Waals surface area contributed by atoms with Crippen LogP contribution in [-0.2, 0) is 23.7 Å². The molecule has 7 nitrogen and oxygen atoms in total. The second-order valence-corrected chi connectivity index (χ2v) is 7.10. The zero-order valence-corrected chi connectivity index (χ0v) is 16.5. The lowest BCUT2D eigenvalue weighted by atomic mass is 10.1. The van der Waals surface area contributed by atoms with E-state index in [-0.39, 0.29) is 30.3 Å². The van der Waals surface area contributed by atoms with Crippen molar-refractivity contribution in [1.82, 2.24) is 0 Å². The molecular weight excluding hydrogens is 376 g/mol. The molecule has 0 bridgehead atoms. The van der Waals surface area contributed by atoms with Crippen LogP contribution in [-0.4, -0.2) is 56.7 Å². The monoisotopic (exact) mass is 404 g/mol. The molecule has 158 valence electrons. The number of carbonyl (C=O) groups excluding carboxylic acids is 2. The van der Waals surface area contributed by atoms with Crippen LogP contribution in [0.25, 0.3) is 0 Å². The first-order valence-electron chi connectivity index (χ1n) is 10.1. The molecule has 0 radical (unpaired) electrons. The smallest absolute Gasteiger partial charge is 0.338 e. The van der Waals surface area contributed by atoms with Gasteiger partial charge in [0.2, 0.25) is 0 Å². The molecule has 0 aliphatic carbocycles. The summed E-state index contributed by atoms with van der Waals surface area (Å²) in [7, 11) is 0. The van der Waals surface area contributed by atoms with E-state index in [9.17, 15) is 9.59 Å². The number of ether oxygens (including phenoxy) is 5. The second-order valence-electron chi connectivity index (χ2n) is 7.10. The predicted octanol–water partition coefficient (Wildman–Crippen LogP) is 3.07. The summed E-state index contributed by atoms with van der Waals surface area (Å²) < 4.78 is 27.4. The summed E-state index contributed by atoms with van der Waals surface area (Å²) in [5, 5.41) is 0. The van der Waals surface area contributed by atoms with E-state index in [0.29, 0.717) is 37.7 Å². The van der Waals surface area contributed by atoms with Crippen molar-refractivity contribution in [3.05, 3.63) is 42.5 Å².